The Kier molecular flexibility index (Phi) is 3.90. The van der Waals surface area contributed by atoms with Crippen molar-refractivity contribution in [3.8, 4) is 11.3 Å². The van der Waals surface area contributed by atoms with E-state index in [0.29, 0.717) is 11.0 Å². The second-order valence-corrected chi connectivity index (χ2v) is 7.34. The van der Waals surface area contributed by atoms with Gasteiger partial charge in [-0.1, -0.05) is 60.7 Å². The minimum Gasteiger partial charge on any atom is -0.302 e. The largest absolute Gasteiger partial charge is 0.302 e. The van der Waals surface area contributed by atoms with Crippen LogP contribution in [0.1, 0.15) is 22.8 Å². The second-order valence-electron chi connectivity index (χ2n) is 6.14. The number of thiazole rings is 1. The van der Waals surface area contributed by atoms with Crippen LogP contribution >= 0.6 is 11.3 Å². The van der Waals surface area contributed by atoms with E-state index in [2.05, 4.69) is 22.4 Å². The first-order chi connectivity index (χ1) is 11.7. The van der Waals surface area contributed by atoms with Gasteiger partial charge in [0.2, 0.25) is 5.91 Å². The molecule has 1 aliphatic carbocycles. The SMILES string of the molecule is Cc1sc(NC(=O)[C@H]2C[C@@H]2c2ccccc2)nc1-c1ccccc1. The first-order valence-electron chi connectivity index (χ1n) is 8.11. The number of nitrogens with one attached hydrogen (secondary N) is 1. The molecule has 3 nitrogen and oxygen atoms in total. The van der Waals surface area contributed by atoms with Gasteiger partial charge in [-0.05, 0) is 24.8 Å². The summed E-state index contributed by atoms with van der Waals surface area (Å²) in [6.45, 7) is 2.04. The number of anilines is 1. The van der Waals surface area contributed by atoms with Crippen LogP contribution in [0.15, 0.2) is 60.7 Å². The number of nitrogens with zero attached hydrogens (tertiary/aromatic N) is 1. The van der Waals surface area contributed by atoms with Gasteiger partial charge in [0, 0.05) is 16.4 Å². The summed E-state index contributed by atoms with van der Waals surface area (Å²) in [4.78, 5) is 18.2. The Morgan fingerprint density at radius 3 is 2.46 bits per heavy atom. The number of carbonyl (C=O) groups excluding carboxylic acids is 1. The van der Waals surface area contributed by atoms with Crippen molar-refractivity contribution in [1.29, 1.82) is 0 Å². The average Bonchev–Trinajstić information content (AvgIpc) is 3.34. The zero-order valence-electron chi connectivity index (χ0n) is 13.4. The minimum absolute atomic E-state index is 0.0665. The predicted molar refractivity (Wildman–Crippen MR) is 98.2 cm³/mol. The van der Waals surface area contributed by atoms with Crippen molar-refractivity contribution in [1.82, 2.24) is 4.98 Å². The molecule has 0 bridgehead atoms. The average molecular weight is 334 g/mol. The van der Waals surface area contributed by atoms with Crippen molar-refractivity contribution in [2.75, 3.05) is 5.32 Å². The molecule has 1 aliphatic rings. The highest BCUT2D eigenvalue weighted by atomic mass is 32.1. The Morgan fingerprint density at radius 1 is 1.08 bits per heavy atom. The van der Waals surface area contributed by atoms with Gasteiger partial charge in [-0.15, -0.1) is 11.3 Å². The smallest absolute Gasteiger partial charge is 0.229 e. The highest BCUT2D eigenvalue weighted by Gasteiger charge is 2.44. The van der Waals surface area contributed by atoms with Gasteiger partial charge < -0.3 is 5.32 Å². The van der Waals surface area contributed by atoms with Gasteiger partial charge in [0.05, 0.1) is 5.69 Å². The van der Waals surface area contributed by atoms with Gasteiger partial charge in [-0.25, -0.2) is 4.98 Å². The predicted octanol–water partition coefficient (Wildman–Crippen LogP) is 4.86. The molecule has 2 aromatic carbocycles. The van der Waals surface area contributed by atoms with Gasteiger partial charge in [-0.3, -0.25) is 4.79 Å². The Hall–Kier alpha value is -2.46. The number of carbonyl (C=O) groups is 1. The van der Waals surface area contributed by atoms with Crippen LogP contribution in [0.5, 0.6) is 0 Å². The fourth-order valence-corrected chi connectivity index (χ4v) is 3.90. The lowest BCUT2D eigenvalue weighted by atomic mass is 10.1. The molecule has 1 aromatic heterocycles. The van der Waals surface area contributed by atoms with Crippen LogP contribution in [-0.4, -0.2) is 10.9 Å². The van der Waals surface area contributed by atoms with Crippen LogP contribution in [0, 0.1) is 12.8 Å². The molecule has 24 heavy (non-hydrogen) atoms. The molecule has 4 rings (SSSR count). The van der Waals surface area contributed by atoms with Crippen molar-refractivity contribution >= 4 is 22.4 Å². The monoisotopic (exact) mass is 334 g/mol. The van der Waals surface area contributed by atoms with Crippen molar-refractivity contribution in [3.05, 3.63) is 71.1 Å². The Bertz CT molecular complexity index is 858. The number of hydrogen-bond donors (Lipinski definition) is 1. The fourth-order valence-electron chi connectivity index (χ4n) is 3.07. The van der Waals surface area contributed by atoms with Crippen molar-refractivity contribution < 1.29 is 4.79 Å². The summed E-state index contributed by atoms with van der Waals surface area (Å²) in [5, 5.41) is 3.69. The highest BCUT2D eigenvalue weighted by Crippen LogP contribution is 2.48. The minimum atomic E-state index is 0.0665. The summed E-state index contributed by atoms with van der Waals surface area (Å²) in [6.07, 6.45) is 0.922. The van der Waals surface area contributed by atoms with Gasteiger partial charge >= 0.3 is 0 Å². The zero-order valence-corrected chi connectivity index (χ0v) is 14.2. The lowest BCUT2D eigenvalue weighted by Crippen LogP contribution is -2.14. The molecular formula is C20H18N2OS. The van der Waals surface area contributed by atoms with E-state index in [1.165, 1.54) is 16.9 Å². The lowest BCUT2D eigenvalue weighted by molar-refractivity contribution is -0.117. The number of amides is 1. The van der Waals surface area contributed by atoms with Gasteiger partial charge in [0.15, 0.2) is 5.13 Å². The molecule has 0 saturated heterocycles. The van der Waals surface area contributed by atoms with Crippen molar-refractivity contribution in [2.24, 2.45) is 5.92 Å². The molecule has 1 amide bonds. The van der Waals surface area contributed by atoms with E-state index in [1.807, 2.05) is 55.5 Å². The molecule has 0 spiro atoms. The third-order valence-corrected chi connectivity index (χ3v) is 5.32. The molecule has 4 heteroatoms. The summed E-state index contributed by atoms with van der Waals surface area (Å²) in [7, 11) is 0. The van der Waals surface area contributed by atoms with Crippen LogP contribution in [0.25, 0.3) is 11.3 Å². The topological polar surface area (TPSA) is 42.0 Å². The standard InChI is InChI=1S/C20H18N2OS/c1-13-18(15-10-6-3-7-11-15)21-20(24-13)22-19(23)17-12-16(17)14-8-4-2-5-9-14/h2-11,16-17H,12H2,1H3,(H,21,22,23)/t16-,17+/m1/s1. The van der Waals surface area contributed by atoms with E-state index in [0.717, 1.165) is 22.6 Å². The number of rotatable bonds is 4. The number of aromatic nitrogens is 1. The first-order valence-corrected chi connectivity index (χ1v) is 8.92. The molecule has 0 aliphatic heterocycles. The summed E-state index contributed by atoms with van der Waals surface area (Å²) < 4.78 is 0. The van der Waals surface area contributed by atoms with E-state index in [1.54, 1.807) is 0 Å². The summed E-state index contributed by atoms with van der Waals surface area (Å²) in [5.41, 5.74) is 3.28. The normalized spacial score (nSPS) is 19.0. The Labute approximate surface area is 145 Å². The second kappa shape index (κ2) is 6.21. The first kappa shape index (κ1) is 15.1. The molecule has 3 aromatic rings. The fraction of sp³-hybridized carbons (Fsp3) is 0.200. The third kappa shape index (κ3) is 2.97. The molecule has 0 radical (unpaired) electrons. The molecule has 1 N–H and O–H groups in total. The van der Waals surface area contributed by atoms with Crippen LogP contribution in [-0.2, 0) is 4.79 Å². The summed E-state index contributed by atoms with van der Waals surface area (Å²) in [6, 6.07) is 20.3. The number of benzene rings is 2. The number of aryl methyl sites for hydroxylation is 1. The quantitative estimate of drug-likeness (QED) is 0.740. The molecule has 1 saturated carbocycles. The summed E-state index contributed by atoms with van der Waals surface area (Å²) in [5.74, 6) is 0.495. The van der Waals surface area contributed by atoms with Crippen molar-refractivity contribution in [2.45, 2.75) is 19.3 Å². The molecule has 1 fully saturated rings. The van der Waals surface area contributed by atoms with Crippen molar-refractivity contribution in [3.63, 3.8) is 0 Å². The van der Waals surface area contributed by atoms with E-state index < -0.39 is 0 Å². The molecular weight excluding hydrogens is 316 g/mol. The maximum Gasteiger partial charge on any atom is 0.229 e. The zero-order chi connectivity index (χ0) is 16.5. The van der Waals surface area contributed by atoms with E-state index >= 15 is 0 Å². The van der Waals surface area contributed by atoms with Gasteiger partial charge in [0.1, 0.15) is 0 Å². The Morgan fingerprint density at radius 2 is 1.75 bits per heavy atom. The van der Waals surface area contributed by atoms with Crippen LogP contribution in [0.4, 0.5) is 5.13 Å². The van der Waals surface area contributed by atoms with Crippen LogP contribution in [0.3, 0.4) is 0 Å². The number of hydrogen-bond acceptors (Lipinski definition) is 3. The Balaban J connectivity index is 1.46. The van der Waals surface area contributed by atoms with E-state index in [4.69, 9.17) is 0 Å². The van der Waals surface area contributed by atoms with Gasteiger partial charge in [-0.2, -0.15) is 0 Å². The molecule has 2 atom stereocenters. The lowest BCUT2D eigenvalue weighted by Gasteiger charge is -2.01. The molecule has 1 heterocycles. The maximum absolute atomic E-state index is 12.5. The summed E-state index contributed by atoms with van der Waals surface area (Å²) >= 11 is 1.54. The van der Waals surface area contributed by atoms with Crippen LogP contribution < -0.4 is 5.32 Å². The third-order valence-electron chi connectivity index (χ3n) is 4.43. The van der Waals surface area contributed by atoms with E-state index in [9.17, 15) is 4.79 Å². The molecule has 120 valence electrons. The van der Waals surface area contributed by atoms with Crippen LogP contribution in [0.2, 0.25) is 0 Å². The van der Waals surface area contributed by atoms with E-state index in [-0.39, 0.29) is 11.8 Å². The highest BCUT2D eigenvalue weighted by molar-refractivity contribution is 7.16. The molecule has 0 unspecified atom stereocenters. The maximum atomic E-state index is 12.5. The van der Waals surface area contributed by atoms with Gasteiger partial charge in [0.25, 0.3) is 0 Å².